The van der Waals surface area contributed by atoms with Gasteiger partial charge in [-0.25, -0.2) is 4.79 Å². The fraction of sp³-hybridized carbons (Fsp3) is 0.136. The molecular formula is C22H21N3O3. The highest BCUT2D eigenvalue weighted by Gasteiger charge is 2.15. The summed E-state index contributed by atoms with van der Waals surface area (Å²) < 4.78 is 4.76. The molecule has 3 rings (SSSR count). The van der Waals surface area contributed by atoms with Crippen molar-refractivity contribution in [1.29, 1.82) is 0 Å². The SMILES string of the molecule is COC(=O)c1ccccc1NC(=O)c1cncc(Nc2ccc(C)cc2C)c1. The minimum absolute atomic E-state index is 0.288. The minimum Gasteiger partial charge on any atom is -0.465 e. The van der Waals surface area contributed by atoms with Crippen LogP contribution in [0.4, 0.5) is 17.1 Å². The van der Waals surface area contributed by atoms with Gasteiger partial charge in [-0.05, 0) is 43.7 Å². The molecule has 28 heavy (non-hydrogen) atoms. The lowest BCUT2D eigenvalue weighted by atomic mass is 10.1. The predicted octanol–water partition coefficient (Wildman–Crippen LogP) is 4.48. The average molecular weight is 375 g/mol. The summed E-state index contributed by atoms with van der Waals surface area (Å²) in [5, 5.41) is 6.03. The molecule has 1 amide bonds. The number of ether oxygens (including phenoxy) is 1. The van der Waals surface area contributed by atoms with Crippen molar-refractivity contribution >= 4 is 28.9 Å². The van der Waals surface area contributed by atoms with Crippen molar-refractivity contribution in [1.82, 2.24) is 4.98 Å². The average Bonchev–Trinajstić information content (AvgIpc) is 2.70. The van der Waals surface area contributed by atoms with E-state index >= 15 is 0 Å². The van der Waals surface area contributed by atoms with Crippen molar-refractivity contribution in [2.75, 3.05) is 17.7 Å². The number of aromatic nitrogens is 1. The zero-order chi connectivity index (χ0) is 20.1. The summed E-state index contributed by atoms with van der Waals surface area (Å²) in [6, 6.07) is 14.5. The van der Waals surface area contributed by atoms with Crippen LogP contribution in [0.2, 0.25) is 0 Å². The standard InChI is InChI=1S/C22H21N3O3/c1-14-8-9-19(15(2)10-14)24-17-11-16(12-23-13-17)21(26)25-20-7-5-4-6-18(20)22(27)28-3/h4-13,24H,1-3H3,(H,25,26). The van der Waals surface area contributed by atoms with Crippen LogP contribution in [0, 0.1) is 13.8 Å². The summed E-state index contributed by atoms with van der Waals surface area (Å²) in [4.78, 5) is 28.7. The minimum atomic E-state index is -0.515. The second-order valence-corrected chi connectivity index (χ2v) is 6.40. The second kappa shape index (κ2) is 8.35. The first-order chi connectivity index (χ1) is 13.5. The number of para-hydroxylation sites is 1. The van der Waals surface area contributed by atoms with Crippen molar-refractivity contribution in [2.24, 2.45) is 0 Å². The van der Waals surface area contributed by atoms with Gasteiger partial charge < -0.3 is 15.4 Å². The van der Waals surface area contributed by atoms with E-state index in [9.17, 15) is 9.59 Å². The van der Waals surface area contributed by atoms with Gasteiger partial charge in [-0.15, -0.1) is 0 Å². The van der Waals surface area contributed by atoms with Crippen LogP contribution >= 0.6 is 0 Å². The lowest BCUT2D eigenvalue weighted by Gasteiger charge is -2.12. The van der Waals surface area contributed by atoms with Crippen molar-refractivity contribution < 1.29 is 14.3 Å². The molecule has 0 saturated heterocycles. The number of benzene rings is 2. The molecule has 1 heterocycles. The first kappa shape index (κ1) is 19.1. The second-order valence-electron chi connectivity index (χ2n) is 6.40. The molecule has 0 unspecified atom stereocenters. The van der Waals surface area contributed by atoms with Gasteiger partial charge in [0.05, 0.1) is 35.8 Å². The zero-order valence-corrected chi connectivity index (χ0v) is 15.9. The van der Waals surface area contributed by atoms with Crippen LogP contribution in [0.25, 0.3) is 0 Å². The summed E-state index contributed by atoms with van der Waals surface area (Å²) in [5.41, 5.74) is 4.96. The molecule has 0 bridgehead atoms. The molecule has 142 valence electrons. The molecule has 0 aliphatic carbocycles. The first-order valence-electron chi connectivity index (χ1n) is 8.76. The lowest BCUT2D eigenvalue weighted by molar-refractivity contribution is 0.0602. The Morgan fingerprint density at radius 1 is 0.964 bits per heavy atom. The number of pyridine rings is 1. The van der Waals surface area contributed by atoms with Gasteiger partial charge in [0.1, 0.15) is 0 Å². The van der Waals surface area contributed by atoms with Crippen LogP contribution in [-0.2, 0) is 4.74 Å². The highest BCUT2D eigenvalue weighted by molar-refractivity contribution is 6.08. The molecule has 0 spiro atoms. The number of amides is 1. The van der Waals surface area contributed by atoms with Gasteiger partial charge in [-0.2, -0.15) is 0 Å². The summed E-state index contributed by atoms with van der Waals surface area (Å²) in [5.74, 6) is -0.882. The number of rotatable bonds is 5. The molecule has 0 saturated carbocycles. The number of esters is 1. The van der Waals surface area contributed by atoms with Gasteiger partial charge in [0, 0.05) is 11.9 Å². The summed E-state index contributed by atoms with van der Waals surface area (Å²) in [6.45, 7) is 4.05. The summed E-state index contributed by atoms with van der Waals surface area (Å²) in [6.07, 6.45) is 3.13. The smallest absolute Gasteiger partial charge is 0.339 e. The number of carbonyl (C=O) groups is 2. The number of anilines is 3. The lowest BCUT2D eigenvalue weighted by Crippen LogP contribution is -2.15. The molecule has 0 atom stereocenters. The third kappa shape index (κ3) is 4.35. The first-order valence-corrected chi connectivity index (χ1v) is 8.76. The molecular weight excluding hydrogens is 354 g/mol. The van der Waals surface area contributed by atoms with Crippen LogP contribution in [0.3, 0.4) is 0 Å². The number of nitrogens with zero attached hydrogens (tertiary/aromatic N) is 1. The topological polar surface area (TPSA) is 80.3 Å². The van der Waals surface area contributed by atoms with Gasteiger partial charge in [0.25, 0.3) is 5.91 Å². The van der Waals surface area contributed by atoms with Crippen LogP contribution in [0.5, 0.6) is 0 Å². The Bertz CT molecular complexity index is 1030. The van der Waals surface area contributed by atoms with E-state index in [1.807, 2.05) is 26.0 Å². The molecule has 1 aromatic heterocycles. The maximum Gasteiger partial charge on any atom is 0.339 e. The van der Waals surface area contributed by atoms with Crippen LogP contribution < -0.4 is 10.6 Å². The van der Waals surface area contributed by atoms with E-state index in [-0.39, 0.29) is 11.5 Å². The number of hydrogen-bond donors (Lipinski definition) is 2. The van der Waals surface area contributed by atoms with E-state index in [4.69, 9.17) is 4.74 Å². The maximum absolute atomic E-state index is 12.7. The maximum atomic E-state index is 12.7. The Morgan fingerprint density at radius 2 is 1.75 bits per heavy atom. The Hall–Kier alpha value is -3.67. The number of aryl methyl sites for hydroxylation is 2. The third-order valence-corrected chi connectivity index (χ3v) is 4.24. The molecule has 0 aliphatic rings. The van der Waals surface area contributed by atoms with Gasteiger partial charge in [-0.1, -0.05) is 29.8 Å². The number of hydrogen-bond acceptors (Lipinski definition) is 5. The normalized spacial score (nSPS) is 10.2. The number of carbonyl (C=O) groups excluding carboxylic acids is 2. The molecule has 6 nitrogen and oxygen atoms in total. The fourth-order valence-electron chi connectivity index (χ4n) is 2.82. The largest absolute Gasteiger partial charge is 0.465 e. The Morgan fingerprint density at radius 3 is 2.50 bits per heavy atom. The number of methoxy groups -OCH3 is 1. The Balaban J connectivity index is 1.81. The van der Waals surface area contributed by atoms with E-state index in [2.05, 4.69) is 21.7 Å². The van der Waals surface area contributed by atoms with E-state index in [0.29, 0.717) is 16.9 Å². The van der Waals surface area contributed by atoms with Crippen molar-refractivity contribution in [3.63, 3.8) is 0 Å². The zero-order valence-electron chi connectivity index (χ0n) is 15.9. The van der Waals surface area contributed by atoms with Gasteiger partial charge in [0.15, 0.2) is 0 Å². The highest BCUT2D eigenvalue weighted by Crippen LogP contribution is 2.22. The van der Waals surface area contributed by atoms with Crippen LogP contribution in [0.1, 0.15) is 31.8 Å². The molecule has 2 aromatic carbocycles. The summed E-state index contributed by atoms with van der Waals surface area (Å²) in [7, 11) is 1.30. The van der Waals surface area contributed by atoms with Crippen LogP contribution in [0.15, 0.2) is 60.9 Å². The number of nitrogens with one attached hydrogen (secondary N) is 2. The predicted molar refractivity (Wildman–Crippen MR) is 109 cm³/mol. The van der Waals surface area contributed by atoms with E-state index in [1.54, 1.807) is 36.5 Å². The third-order valence-electron chi connectivity index (χ3n) is 4.24. The van der Waals surface area contributed by atoms with E-state index in [1.165, 1.54) is 18.9 Å². The Kier molecular flexibility index (Phi) is 5.69. The van der Waals surface area contributed by atoms with Crippen LogP contribution in [-0.4, -0.2) is 24.0 Å². The van der Waals surface area contributed by atoms with E-state index in [0.717, 1.165) is 11.3 Å². The monoisotopic (exact) mass is 375 g/mol. The quantitative estimate of drug-likeness (QED) is 0.643. The summed E-state index contributed by atoms with van der Waals surface area (Å²) >= 11 is 0. The Labute approximate surface area is 163 Å². The van der Waals surface area contributed by atoms with Crippen molar-refractivity contribution in [3.8, 4) is 0 Å². The highest BCUT2D eigenvalue weighted by atomic mass is 16.5. The van der Waals surface area contributed by atoms with E-state index < -0.39 is 5.97 Å². The van der Waals surface area contributed by atoms with Crippen molar-refractivity contribution in [3.05, 3.63) is 83.2 Å². The molecule has 0 aliphatic heterocycles. The molecule has 3 aromatic rings. The van der Waals surface area contributed by atoms with Gasteiger partial charge in [-0.3, -0.25) is 9.78 Å². The van der Waals surface area contributed by atoms with Gasteiger partial charge in [0.2, 0.25) is 0 Å². The molecule has 0 fully saturated rings. The molecule has 0 radical (unpaired) electrons. The molecule has 2 N–H and O–H groups in total. The fourth-order valence-corrected chi connectivity index (χ4v) is 2.82. The van der Waals surface area contributed by atoms with Gasteiger partial charge >= 0.3 is 5.97 Å². The van der Waals surface area contributed by atoms with Crippen molar-refractivity contribution in [2.45, 2.75) is 13.8 Å². The molecule has 6 heteroatoms.